The van der Waals surface area contributed by atoms with Crippen LogP contribution in [0.5, 0.6) is 0 Å². The van der Waals surface area contributed by atoms with Crippen molar-refractivity contribution in [3.8, 4) is 11.3 Å². The molecule has 18 heavy (non-hydrogen) atoms. The molecule has 0 amide bonds. The van der Waals surface area contributed by atoms with Gasteiger partial charge >= 0.3 is 5.97 Å². The highest BCUT2D eigenvalue weighted by Crippen LogP contribution is 2.22. The van der Waals surface area contributed by atoms with Crippen LogP contribution in [0.15, 0.2) is 17.8 Å². The van der Waals surface area contributed by atoms with Crippen LogP contribution in [0, 0.1) is 0 Å². The summed E-state index contributed by atoms with van der Waals surface area (Å²) >= 11 is 1.61. The van der Waals surface area contributed by atoms with E-state index in [0.29, 0.717) is 6.42 Å². The summed E-state index contributed by atoms with van der Waals surface area (Å²) in [6, 6.07) is 0. The van der Waals surface area contributed by atoms with E-state index in [2.05, 4.69) is 14.8 Å². The van der Waals surface area contributed by atoms with E-state index >= 15 is 0 Å². The van der Waals surface area contributed by atoms with Crippen molar-refractivity contribution in [2.24, 2.45) is 7.05 Å². The van der Waals surface area contributed by atoms with E-state index in [-0.39, 0.29) is 5.97 Å². The molecule has 96 valence electrons. The van der Waals surface area contributed by atoms with Gasteiger partial charge in [-0.1, -0.05) is 0 Å². The number of carbonyl (C=O) groups is 1. The third-order valence-corrected chi connectivity index (χ3v) is 3.46. The first-order chi connectivity index (χ1) is 8.69. The number of thiazole rings is 1. The molecule has 0 saturated carbocycles. The van der Waals surface area contributed by atoms with E-state index in [4.69, 9.17) is 0 Å². The molecule has 0 saturated heterocycles. The van der Waals surface area contributed by atoms with E-state index in [1.807, 2.05) is 18.6 Å². The van der Waals surface area contributed by atoms with Gasteiger partial charge in [-0.25, -0.2) is 4.98 Å². The molecule has 0 aliphatic heterocycles. The van der Waals surface area contributed by atoms with Crippen molar-refractivity contribution < 1.29 is 9.53 Å². The molecule has 0 fully saturated rings. The number of aryl methyl sites for hydroxylation is 2. The molecule has 5 nitrogen and oxygen atoms in total. The van der Waals surface area contributed by atoms with Gasteiger partial charge in [-0.2, -0.15) is 5.10 Å². The van der Waals surface area contributed by atoms with Gasteiger partial charge in [0.2, 0.25) is 0 Å². The standard InChI is InChI=1S/C12H15N3O2S/c1-15-7-9(6-13-15)10-8-18-11(14-10)4-3-5-12(16)17-2/h6-8H,3-5H2,1-2H3. The van der Waals surface area contributed by atoms with Crippen LogP contribution < -0.4 is 0 Å². The Bertz CT molecular complexity index is 533. The SMILES string of the molecule is COC(=O)CCCc1nc(-c2cnn(C)c2)cs1. The van der Waals surface area contributed by atoms with E-state index in [0.717, 1.165) is 29.1 Å². The van der Waals surface area contributed by atoms with Gasteiger partial charge in [0.05, 0.1) is 24.0 Å². The number of hydrogen-bond acceptors (Lipinski definition) is 5. The van der Waals surface area contributed by atoms with Gasteiger partial charge in [0, 0.05) is 30.6 Å². The smallest absolute Gasteiger partial charge is 0.305 e. The summed E-state index contributed by atoms with van der Waals surface area (Å²) in [4.78, 5) is 15.5. The molecule has 0 aliphatic carbocycles. The van der Waals surface area contributed by atoms with Crippen molar-refractivity contribution in [1.29, 1.82) is 0 Å². The Hall–Kier alpha value is -1.69. The lowest BCUT2D eigenvalue weighted by Crippen LogP contribution is -2.00. The quantitative estimate of drug-likeness (QED) is 0.776. The second kappa shape index (κ2) is 5.77. The van der Waals surface area contributed by atoms with Gasteiger partial charge < -0.3 is 4.74 Å². The molecule has 0 aromatic carbocycles. The Morgan fingerprint density at radius 1 is 1.56 bits per heavy atom. The third kappa shape index (κ3) is 3.16. The zero-order valence-electron chi connectivity index (χ0n) is 10.4. The van der Waals surface area contributed by atoms with Crippen LogP contribution in [-0.4, -0.2) is 27.8 Å². The molecule has 2 aromatic rings. The molecule has 2 rings (SSSR count). The minimum absolute atomic E-state index is 0.168. The number of nitrogens with zero attached hydrogens (tertiary/aromatic N) is 3. The lowest BCUT2D eigenvalue weighted by molar-refractivity contribution is -0.140. The molecule has 0 bridgehead atoms. The fraction of sp³-hybridized carbons (Fsp3) is 0.417. The number of aromatic nitrogens is 3. The first-order valence-corrected chi connectivity index (χ1v) is 6.57. The lowest BCUT2D eigenvalue weighted by atomic mass is 10.2. The molecule has 0 unspecified atom stereocenters. The highest BCUT2D eigenvalue weighted by atomic mass is 32.1. The molecular formula is C12H15N3O2S. The van der Waals surface area contributed by atoms with Crippen molar-refractivity contribution in [2.75, 3.05) is 7.11 Å². The minimum atomic E-state index is -0.168. The van der Waals surface area contributed by atoms with Gasteiger partial charge in [0.1, 0.15) is 0 Å². The topological polar surface area (TPSA) is 57.0 Å². The minimum Gasteiger partial charge on any atom is -0.469 e. The summed E-state index contributed by atoms with van der Waals surface area (Å²) in [5, 5.41) is 7.18. The van der Waals surface area contributed by atoms with Crippen molar-refractivity contribution in [3.63, 3.8) is 0 Å². The fourth-order valence-electron chi connectivity index (χ4n) is 1.60. The summed E-state index contributed by atoms with van der Waals surface area (Å²) < 4.78 is 6.35. The zero-order chi connectivity index (χ0) is 13.0. The number of ether oxygens (including phenoxy) is 1. The fourth-order valence-corrected chi connectivity index (χ4v) is 2.45. The Balaban J connectivity index is 1.92. The van der Waals surface area contributed by atoms with Crippen LogP contribution in [0.25, 0.3) is 11.3 Å². The maximum atomic E-state index is 11.0. The lowest BCUT2D eigenvalue weighted by Gasteiger charge is -1.96. The Morgan fingerprint density at radius 3 is 3.06 bits per heavy atom. The zero-order valence-corrected chi connectivity index (χ0v) is 11.2. The van der Waals surface area contributed by atoms with E-state index in [1.54, 1.807) is 22.2 Å². The highest BCUT2D eigenvalue weighted by Gasteiger charge is 2.07. The largest absolute Gasteiger partial charge is 0.469 e. The molecule has 0 spiro atoms. The van der Waals surface area contributed by atoms with Crippen molar-refractivity contribution >= 4 is 17.3 Å². The van der Waals surface area contributed by atoms with Crippen molar-refractivity contribution in [3.05, 3.63) is 22.8 Å². The van der Waals surface area contributed by atoms with Gasteiger partial charge in [-0.3, -0.25) is 9.48 Å². The van der Waals surface area contributed by atoms with E-state index in [1.165, 1.54) is 7.11 Å². The number of carbonyl (C=O) groups excluding carboxylic acids is 1. The second-order valence-corrected chi connectivity index (χ2v) is 4.90. The Labute approximate surface area is 109 Å². The average Bonchev–Trinajstić information content (AvgIpc) is 2.97. The molecule has 6 heteroatoms. The number of hydrogen-bond donors (Lipinski definition) is 0. The molecule has 0 N–H and O–H groups in total. The predicted octanol–water partition coefficient (Wildman–Crippen LogP) is 2.04. The van der Waals surface area contributed by atoms with Crippen molar-refractivity contribution in [2.45, 2.75) is 19.3 Å². The third-order valence-electron chi connectivity index (χ3n) is 2.55. The summed E-state index contributed by atoms with van der Waals surface area (Å²) in [6.07, 6.45) is 5.76. The molecule has 0 atom stereocenters. The first-order valence-electron chi connectivity index (χ1n) is 5.69. The van der Waals surface area contributed by atoms with Crippen LogP contribution >= 0.6 is 11.3 Å². The second-order valence-electron chi connectivity index (χ2n) is 3.96. The highest BCUT2D eigenvalue weighted by molar-refractivity contribution is 7.09. The first kappa shape index (κ1) is 12.8. The molecule has 2 aromatic heterocycles. The molecule has 2 heterocycles. The number of methoxy groups -OCH3 is 1. The van der Waals surface area contributed by atoms with Crippen LogP contribution in [0.4, 0.5) is 0 Å². The maximum Gasteiger partial charge on any atom is 0.305 e. The maximum absolute atomic E-state index is 11.0. The van der Waals surface area contributed by atoms with Crippen LogP contribution in [0.1, 0.15) is 17.8 Å². The number of esters is 1. The molecule has 0 radical (unpaired) electrons. The van der Waals surface area contributed by atoms with Gasteiger partial charge in [0.25, 0.3) is 0 Å². The van der Waals surface area contributed by atoms with Gasteiger partial charge in [-0.05, 0) is 12.8 Å². The van der Waals surface area contributed by atoms with E-state index < -0.39 is 0 Å². The predicted molar refractivity (Wildman–Crippen MR) is 69.3 cm³/mol. The summed E-state index contributed by atoms with van der Waals surface area (Å²) in [5.74, 6) is -0.168. The van der Waals surface area contributed by atoms with Gasteiger partial charge in [0.15, 0.2) is 0 Å². The summed E-state index contributed by atoms with van der Waals surface area (Å²) in [7, 11) is 3.29. The average molecular weight is 265 g/mol. The monoisotopic (exact) mass is 265 g/mol. The number of rotatable bonds is 5. The van der Waals surface area contributed by atoms with Crippen LogP contribution in [-0.2, 0) is 23.0 Å². The summed E-state index contributed by atoms with van der Waals surface area (Å²) in [6.45, 7) is 0. The van der Waals surface area contributed by atoms with Gasteiger partial charge in [-0.15, -0.1) is 11.3 Å². The molecule has 0 aliphatic rings. The van der Waals surface area contributed by atoms with Crippen LogP contribution in [0.3, 0.4) is 0 Å². The Morgan fingerprint density at radius 2 is 2.39 bits per heavy atom. The molecular weight excluding hydrogens is 250 g/mol. The van der Waals surface area contributed by atoms with Crippen molar-refractivity contribution in [1.82, 2.24) is 14.8 Å². The Kier molecular flexibility index (Phi) is 4.09. The van der Waals surface area contributed by atoms with Crippen LogP contribution in [0.2, 0.25) is 0 Å². The summed E-state index contributed by atoms with van der Waals surface area (Å²) in [5.41, 5.74) is 1.97. The normalized spacial score (nSPS) is 10.6. The van der Waals surface area contributed by atoms with E-state index in [9.17, 15) is 4.79 Å².